The fourth-order valence-corrected chi connectivity index (χ4v) is 2.85. The molecule has 3 N–H and O–H groups in total. The smallest absolute Gasteiger partial charge is 0.106 e. The molecule has 1 aromatic heterocycles. The van der Waals surface area contributed by atoms with Gasteiger partial charge >= 0.3 is 0 Å². The molecule has 0 amide bonds. The Hall–Kier alpha value is -0.830. The van der Waals surface area contributed by atoms with E-state index in [-0.39, 0.29) is 0 Å². The molecule has 1 aliphatic carbocycles. The Morgan fingerprint density at radius 1 is 1.24 bits per heavy atom. The molecule has 1 aliphatic rings. The molecule has 0 aromatic carbocycles. The van der Waals surface area contributed by atoms with Crippen molar-refractivity contribution >= 4 is 0 Å². The molecule has 3 nitrogen and oxygen atoms in total. The van der Waals surface area contributed by atoms with Crippen molar-refractivity contribution in [3.05, 3.63) is 17.7 Å². The lowest BCUT2D eigenvalue weighted by Crippen LogP contribution is -2.06. The van der Waals surface area contributed by atoms with Crippen LogP contribution in [0.3, 0.4) is 0 Å². The molecule has 0 saturated heterocycles. The van der Waals surface area contributed by atoms with Crippen molar-refractivity contribution in [1.82, 2.24) is 9.97 Å². The average Bonchev–Trinajstić information content (AvgIpc) is 2.79. The third kappa shape index (κ3) is 4.15. The number of aromatic nitrogens is 2. The molecule has 1 heterocycles. The van der Waals surface area contributed by atoms with Gasteiger partial charge in [0.2, 0.25) is 0 Å². The normalized spacial score (nSPS) is 17.5. The number of aromatic amines is 1. The number of rotatable bonds is 6. The molecule has 0 bridgehead atoms. The van der Waals surface area contributed by atoms with Crippen LogP contribution < -0.4 is 5.73 Å². The molecule has 3 heteroatoms. The second-order valence-electron chi connectivity index (χ2n) is 5.29. The van der Waals surface area contributed by atoms with Crippen molar-refractivity contribution in [2.45, 2.75) is 57.8 Å². The molecule has 17 heavy (non-hydrogen) atoms. The van der Waals surface area contributed by atoms with Crippen LogP contribution in [0.1, 0.15) is 56.5 Å². The molecular formula is C14H25N3. The predicted octanol–water partition coefficient (Wildman–Crippen LogP) is 2.81. The zero-order chi connectivity index (χ0) is 11.9. The van der Waals surface area contributed by atoms with Gasteiger partial charge in [-0.3, -0.25) is 0 Å². The van der Waals surface area contributed by atoms with Crippen LogP contribution in [0.2, 0.25) is 0 Å². The highest BCUT2D eigenvalue weighted by Gasteiger charge is 2.12. The van der Waals surface area contributed by atoms with E-state index in [9.17, 15) is 0 Å². The van der Waals surface area contributed by atoms with Crippen LogP contribution in [0.5, 0.6) is 0 Å². The Balaban J connectivity index is 1.66. The Labute approximate surface area is 104 Å². The van der Waals surface area contributed by atoms with Gasteiger partial charge < -0.3 is 10.7 Å². The second kappa shape index (κ2) is 6.80. The zero-order valence-electron chi connectivity index (χ0n) is 10.8. The standard InChI is InChI=1S/C14H25N3/c15-10-9-13-11-16-14(17-13)8-4-7-12-5-2-1-3-6-12/h11-12H,1-10,15H2,(H,16,17). The van der Waals surface area contributed by atoms with E-state index in [0.717, 1.165) is 24.6 Å². The first-order valence-electron chi connectivity index (χ1n) is 7.11. The maximum absolute atomic E-state index is 5.52. The van der Waals surface area contributed by atoms with Crippen molar-refractivity contribution < 1.29 is 0 Å². The van der Waals surface area contributed by atoms with Gasteiger partial charge in [0.15, 0.2) is 0 Å². The van der Waals surface area contributed by atoms with Crippen LogP contribution in [0.15, 0.2) is 6.20 Å². The predicted molar refractivity (Wildman–Crippen MR) is 70.9 cm³/mol. The minimum absolute atomic E-state index is 0.698. The molecule has 2 rings (SSSR count). The highest BCUT2D eigenvalue weighted by molar-refractivity contribution is 5.01. The summed E-state index contributed by atoms with van der Waals surface area (Å²) in [6, 6.07) is 0. The molecule has 0 spiro atoms. The van der Waals surface area contributed by atoms with Gasteiger partial charge in [0, 0.05) is 24.7 Å². The molecule has 0 atom stereocenters. The van der Waals surface area contributed by atoms with E-state index >= 15 is 0 Å². The van der Waals surface area contributed by atoms with Crippen molar-refractivity contribution in [1.29, 1.82) is 0 Å². The highest BCUT2D eigenvalue weighted by atomic mass is 14.9. The van der Waals surface area contributed by atoms with Crippen LogP contribution in [0.4, 0.5) is 0 Å². The molecule has 96 valence electrons. The SMILES string of the molecule is NCCc1cnc(CCCC2CCCCC2)[nH]1. The quantitative estimate of drug-likeness (QED) is 0.796. The first kappa shape index (κ1) is 12.6. The van der Waals surface area contributed by atoms with E-state index in [0.29, 0.717) is 6.54 Å². The monoisotopic (exact) mass is 235 g/mol. The fraction of sp³-hybridized carbons (Fsp3) is 0.786. The topological polar surface area (TPSA) is 54.7 Å². The van der Waals surface area contributed by atoms with E-state index in [1.807, 2.05) is 6.20 Å². The summed E-state index contributed by atoms with van der Waals surface area (Å²) < 4.78 is 0. The van der Waals surface area contributed by atoms with Crippen molar-refractivity contribution in [3.8, 4) is 0 Å². The number of hydrogen-bond donors (Lipinski definition) is 2. The van der Waals surface area contributed by atoms with Crippen molar-refractivity contribution in [2.24, 2.45) is 11.7 Å². The molecule has 1 fully saturated rings. The molecule has 0 unspecified atom stereocenters. The number of nitrogens with two attached hydrogens (primary N) is 1. The summed E-state index contributed by atoms with van der Waals surface area (Å²) in [7, 11) is 0. The zero-order valence-corrected chi connectivity index (χ0v) is 10.8. The minimum Gasteiger partial charge on any atom is -0.346 e. The summed E-state index contributed by atoms with van der Waals surface area (Å²) in [4.78, 5) is 7.77. The first-order chi connectivity index (χ1) is 8.38. The lowest BCUT2D eigenvalue weighted by atomic mass is 9.86. The van der Waals surface area contributed by atoms with Crippen LogP contribution in [-0.2, 0) is 12.8 Å². The van der Waals surface area contributed by atoms with Gasteiger partial charge in [-0.25, -0.2) is 4.98 Å². The summed E-state index contributed by atoms with van der Waals surface area (Å²) in [5.41, 5.74) is 6.70. The Kier molecular flexibility index (Phi) is 5.05. The molecule has 1 saturated carbocycles. The van der Waals surface area contributed by atoms with E-state index in [1.165, 1.54) is 50.6 Å². The number of aryl methyl sites for hydroxylation is 1. The van der Waals surface area contributed by atoms with Gasteiger partial charge in [-0.1, -0.05) is 38.5 Å². The van der Waals surface area contributed by atoms with Crippen molar-refractivity contribution in [3.63, 3.8) is 0 Å². The van der Waals surface area contributed by atoms with E-state index in [4.69, 9.17) is 5.73 Å². The fourth-order valence-electron chi connectivity index (χ4n) is 2.85. The third-order valence-electron chi connectivity index (χ3n) is 3.85. The van der Waals surface area contributed by atoms with E-state index < -0.39 is 0 Å². The third-order valence-corrected chi connectivity index (χ3v) is 3.85. The van der Waals surface area contributed by atoms with Gasteiger partial charge in [-0.15, -0.1) is 0 Å². The van der Waals surface area contributed by atoms with Crippen LogP contribution >= 0.6 is 0 Å². The Morgan fingerprint density at radius 3 is 2.82 bits per heavy atom. The molecule has 0 aliphatic heterocycles. The maximum atomic E-state index is 5.52. The average molecular weight is 235 g/mol. The number of hydrogen-bond acceptors (Lipinski definition) is 2. The van der Waals surface area contributed by atoms with Gasteiger partial charge in [0.25, 0.3) is 0 Å². The summed E-state index contributed by atoms with van der Waals surface area (Å²) in [5, 5.41) is 0. The summed E-state index contributed by atoms with van der Waals surface area (Å²) in [5.74, 6) is 2.13. The summed E-state index contributed by atoms with van der Waals surface area (Å²) in [6.45, 7) is 0.698. The largest absolute Gasteiger partial charge is 0.346 e. The second-order valence-corrected chi connectivity index (χ2v) is 5.29. The minimum atomic E-state index is 0.698. The molecule has 1 aromatic rings. The van der Waals surface area contributed by atoms with Gasteiger partial charge in [0.05, 0.1) is 0 Å². The molecule has 0 radical (unpaired) electrons. The Morgan fingerprint density at radius 2 is 2.06 bits per heavy atom. The first-order valence-corrected chi connectivity index (χ1v) is 7.11. The summed E-state index contributed by atoms with van der Waals surface area (Å²) >= 11 is 0. The number of nitrogens with one attached hydrogen (secondary N) is 1. The number of imidazole rings is 1. The lowest BCUT2D eigenvalue weighted by Gasteiger charge is -2.20. The van der Waals surface area contributed by atoms with E-state index in [1.54, 1.807) is 0 Å². The lowest BCUT2D eigenvalue weighted by molar-refractivity contribution is 0.332. The number of nitrogens with zero attached hydrogens (tertiary/aromatic N) is 1. The van der Waals surface area contributed by atoms with Gasteiger partial charge in [-0.05, 0) is 18.9 Å². The van der Waals surface area contributed by atoms with Crippen molar-refractivity contribution in [2.75, 3.05) is 6.54 Å². The van der Waals surface area contributed by atoms with Crippen LogP contribution in [-0.4, -0.2) is 16.5 Å². The molecular weight excluding hydrogens is 210 g/mol. The van der Waals surface area contributed by atoms with Crippen LogP contribution in [0.25, 0.3) is 0 Å². The number of H-pyrrole nitrogens is 1. The van der Waals surface area contributed by atoms with E-state index in [2.05, 4.69) is 9.97 Å². The van der Waals surface area contributed by atoms with Gasteiger partial charge in [0.1, 0.15) is 5.82 Å². The van der Waals surface area contributed by atoms with Gasteiger partial charge in [-0.2, -0.15) is 0 Å². The highest BCUT2D eigenvalue weighted by Crippen LogP contribution is 2.27. The maximum Gasteiger partial charge on any atom is 0.106 e. The van der Waals surface area contributed by atoms with Crippen LogP contribution in [0, 0.1) is 5.92 Å². The summed E-state index contributed by atoms with van der Waals surface area (Å²) in [6.07, 6.45) is 13.9. The Bertz CT molecular complexity index is 313.